The predicted octanol–water partition coefficient (Wildman–Crippen LogP) is -1.17. The largest absolute Gasteiger partial charge is 1.00 e. The first kappa shape index (κ1) is 23.3. The molecule has 1 atom stereocenters. The maximum atomic E-state index is 11.5. The van der Waals surface area contributed by atoms with Crippen molar-refractivity contribution < 1.29 is 100 Å². The zero-order valence-corrected chi connectivity index (χ0v) is 17.8. The molecular weight excluding hydrogens is 367 g/mol. The van der Waals surface area contributed by atoms with Crippen molar-refractivity contribution in [3.8, 4) is 0 Å². The number of rotatable bonds is 4. The fourth-order valence-electron chi connectivity index (χ4n) is 1.08. The van der Waals surface area contributed by atoms with Crippen molar-refractivity contribution in [3.05, 3.63) is 43.0 Å². The Bertz CT molecular complexity index is 361. The molecule has 6 heteroatoms. The topological polar surface area (TPSA) is 84.0 Å². The second-order valence-electron chi connectivity index (χ2n) is 2.90. The van der Waals surface area contributed by atoms with Crippen LogP contribution in [0, 0.1) is 7.43 Å². The first-order chi connectivity index (χ1) is 6.65. The van der Waals surface area contributed by atoms with E-state index in [1.54, 1.807) is 18.2 Å². The van der Waals surface area contributed by atoms with Gasteiger partial charge in [-0.3, -0.25) is 4.79 Å². The van der Waals surface area contributed by atoms with Crippen molar-refractivity contribution in [2.45, 2.75) is 12.5 Å². The van der Waals surface area contributed by atoms with Crippen molar-refractivity contribution in [2.75, 3.05) is 0 Å². The molecule has 1 unspecified atom stereocenters. The molecule has 3 N–H and O–H groups in total. The third-order valence-corrected chi connectivity index (χ3v) is 1.78. The number of nitrogens with two attached hydrogens (primary N) is 1. The molecule has 0 heterocycles. The van der Waals surface area contributed by atoms with Crippen LogP contribution < -0.4 is 63.9 Å². The molecule has 1 aromatic carbocycles. The Morgan fingerprint density at radius 3 is 2.41 bits per heavy atom. The molecule has 0 saturated heterocycles. The average Bonchev–Trinajstić information content (AvgIpc) is 2.18. The number of hydrogen-bond donors (Lipinski definition) is 1. The Labute approximate surface area is 176 Å². The van der Waals surface area contributed by atoms with Crippen molar-refractivity contribution in [1.82, 2.24) is 0 Å². The molecule has 0 aliphatic carbocycles. The van der Waals surface area contributed by atoms with Crippen LogP contribution in [0.2, 0.25) is 0 Å². The minimum absolute atomic E-state index is 0. The van der Waals surface area contributed by atoms with E-state index in [0.717, 1.165) is 0 Å². The molecule has 1 radical (unpaired) electrons. The Kier molecular flexibility index (Phi) is 16.8. The molecule has 0 aliphatic heterocycles. The second kappa shape index (κ2) is 12.3. The van der Waals surface area contributed by atoms with Crippen LogP contribution >= 0.6 is 0 Å². The third-order valence-electron chi connectivity index (χ3n) is 1.78. The molecule has 1 aromatic rings. The van der Waals surface area contributed by atoms with Crippen LogP contribution in [0.1, 0.15) is 16.8 Å². The van der Waals surface area contributed by atoms with Gasteiger partial charge in [0, 0.05) is 44.7 Å². The zero-order chi connectivity index (χ0) is 10.6. The van der Waals surface area contributed by atoms with E-state index in [4.69, 9.17) is 11.5 Å². The van der Waals surface area contributed by atoms with Gasteiger partial charge in [-0.05, 0) is 0 Å². The maximum absolute atomic E-state index is 11.5. The molecule has 1 rings (SSSR count). The quantitative estimate of drug-likeness (QED) is 0.529. The molecule has 4 nitrogen and oxygen atoms in total. The van der Waals surface area contributed by atoms with Gasteiger partial charge in [-0.25, -0.2) is 6.29 Å². The maximum Gasteiger partial charge on any atom is 1.00 e. The van der Waals surface area contributed by atoms with Crippen LogP contribution in [0.5, 0.6) is 0 Å². The SMILES string of the molecule is [CH3-].[NH-]c1ccccc1C(=O)CC(N)[C-]=O.[Rb+].[Y]. The molecule has 0 aliphatic rings. The molecule has 0 aromatic heterocycles. The molecule has 0 spiro atoms. The van der Waals surface area contributed by atoms with Crippen molar-refractivity contribution >= 4 is 17.8 Å². The van der Waals surface area contributed by atoms with Gasteiger partial charge in [0.1, 0.15) is 0 Å². The van der Waals surface area contributed by atoms with Crippen LogP contribution in [-0.2, 0) is 37.5 Å². The Morgan fingerprint density at radius 2 is 1.94 bits per heavy atom. The second-order valence-corrected chi connectivity index (χ2v) is 2.90. The van der Waals surface area contributed by atoms with Crippen molar-refractivity contribution in [2.24, 2.45) is 5.73 Å². The van der Waals surface area contributed by atoms with Crippen molar-refractivity contribution in [3.63, 3.8) is 0 Å². The van der Waals surface area contributed by atoms with E-state index in [-0.39, 0.29) is 116 Å². The summed E-state index contributed by atoms with van der Waals surface area (Å²) in [7, 11) is 0. The van der Waals surface area contributed by atoms with Gasteiger partial charge in [0.15, 0.2) is 5.78 Å². The standard InChI is InChI=1S/C10H11N2O2.CH3.Rb.Y/c11-7(6-13)5-10(14)8-3-1-2-4-9(8)12;;;/h1-4,7H,5,11H2,(H2,12,14);1H3;;/q2*-1;+1;/p-1. The van der Waals surface area contributed by atoms with E-state index in [1.165, 1.54) is 12.4 Å². The van der Waals surface area contributed by atoms with E-state index in [0.29, 0.717) is 5.56 Å². The van der Waals surface area contributed by atoms with Crippen LogP contribution in [0.4, 0.5) is 5.69 Å². The minimum Gasteiger partial charge on any atom is -0.698 e. The summed E-state index contributed by atoms with van der Waals surface area (Å²) in [6.07, 6.45) is 1.43. The molecule has 0 amide bonds. The van der Waals surface area contributed by atoms with Crippen LogP contribution in [0.3, 0.4) is 0 Å². The van der Waals surface area contributed by atoms with Crippen LogP contribution in [-0.4, -0.2) is 18.1 Å². The Balaban J connectivity index is -0.000000653. The number of Topliss-reactive ketones (excluding diaryl/α,β-unsaturated/α-hetero) is 1. The van der Waals surface area contributed by atoms with E-state index < -0.39 is 6.04 Å². The van der Waals surface area contributed by atoms with Gasteiger partial charge in [0.25, 0.3) is 0 Å². The number of ketones is 1. The van der Waals surface area contributed by atoms with Gasteiger partial charge < -0.3 is 23.7 Å². The number of carbonyl (C=O) groups excluding carboxylic acids is 2. The fraction of sp³-hybridized carbons (Fsp3) is 0.182. The number of nitrogens with one attached hydrogen (secondary N) is 1. The van der Waals surface area contributed by atoms with Gasteiger partial charge in [0.2, 0.25) is 0 Å². The number of carbonyl (C=O) groups is 1. The summed E-state index contributed by atoms with van der Waals surface area (Å²) >= 11 is 0. The van der Waals surface area contributed by atoms with E-state index >= 15 is 0 Å². The summed E-state index contributed by atoms with van der Waals surface area (Å²) in [5.74, 6) is -0.300. The van der Waals surface area contributed by atoms with Gasteiger partial charge in [-0.1, -0.05) is 30.3 Å². The number of benzene rings is 1. The summed E-state index contributed by atoms with van der Waals surface area (Å²) in [6.45, 7) is 0. The summed E-state index contributed by atoms with van der Waals surface area (Å²) in [4.78, 5) is 21.6. The summed E-state index contributed by atoms with van der Waals surface area (Å²) in [6, 6.07) is 5.50. The monoisotopic (exact) mass is 379 g/mol. The van der Waals surface area contributed by atoms with Crippen LogP contribution in [0.25, 0.3) is 5.73 Å². The third kappa shape index (κ3) is 8.09. The van der Waals surface area contributed by atoms with Gasteiger partial charge >= 0.3 is 58.2 Å². The smallest absolute Gasteiger partial charge is 0.698 e. The van der Waals surface area contributed by atoms with Gasteiger partial charge in [-0.15, -0.1) is 5.69 Å². The first-order valence-corrected chi connectivity index (χ1v) is 4.12. The summed E-state index contributed by atoms with van der Waals surface area (Å²) in [5.41, 5.74) is 13.1. The minimum atomic E-state index is -0.901. The Morgan fingerprint density at radius 1 is 1.41 bits per heavy atom. The fourth-order valence-corrected chi connectivity index (χ4v) is 1.08. The van der Waals surface area contributed by atoms with Gasteiger partial charge in [0.05, 0.1) is 0 Å². The molecule has 0 bridgehead atoms. The average molecular weight is 380 g/mol. The molecular formula is C11H13N2O2RbY-2. The van der Waals surface area contributed by atoms with Gasteiger partial charge in [-0.2, -0.15) is 0 Å². The zero-order valence-electron chi connectivity index (χ0n) is 10.1. The molecule has 17 heavy (non-hydrogen) atoms. The van der Waals surface area contributed by atoms with E-state index in [1.807, 2.05) is 0 Å². The number of hydrogen-bond acceptors (Lipinski definition) is 3. The Hall–Kier alpha value is 1.23. The molecule has 0 fully saturated rings. The van der Waals surface area contributed by atoms with Crippen LogP contribution in [0.15, 0.2) is 24.3 Å². The molecule has 0 saturated carbocycles. The first-order valence-electron chi connectivity index (χ1n) is 4.12. The van der Waals surface area contributed by atoms with E-state index in [9.17, 15) is 9.59 Å². The van der Waals surface area contributed by atoms with Crippen molar-refractivity contribution in [1.29, 1.82) is 0 Å². The normalized spacial score (nSPS) is 9.94. The van der Waals surface area contributed by atoms with E-state index in [2.05, 4.69) is 0 Å². The summed E-state index contributed by atoms with van der Waals surface area (Å²) < 4.78 is 0. The molecule has 85 valence electrons. The predicted molar refractivity (Wildman–Crippen MR) is 59.5 cm³/mol. The summed E-state index contributed by atoms with van der Waals surface area (Å²) in [5, 5.41) is 0.